The minimum absolute atomic E-state index is 0.0105. The Kier molecular flexibility index (Phi) is 6.52. The van der Waals surface area contributed by atoms with Crippen LogP contribution in [0.2, 0.25) is 0 Å². The van der Waals surface area contributed by atoms with Gasteiger partial charge in [0.1, 0.15) is 12.2 Å². The van der Waals surface area contributed by atoms with Crippen LogP contribution in [0.25, 0.3) is 0 Å². The number of hydrogen-bond donors (Lipinski definition) is 1. The van der Waals surface area contributed by atoms with E-state index in [1.165, 1.54) is 11.0 Å². The lowest BCUT2D eigenvalue weighted by Crippen LogP contribution is -2.47. The molecule has 3 aliphatic rings. The summed E-state index contributed by atoms with van der Waals surface area (Å²) in [5.41, 5.74) is 1.53. The first-order valence-electron chi connectivity index (χ1n) is 13.9. The number of aryl methyl sites for hydroxylation is 1. The topological polar surface area (TPSA) is 63.1 Å². The molecule has 1 amide bonds. The second kappa shape index (κ2) is 9.77. The molecule has 0 saturated heterocycles. The summed E-state index contributed by atoms with van der Waals surface area (Å²) in [7, 11) is 1.93. The summed E-state index contributed by atoms with van der Waals surface area (Å²) in [4.78, 5) is 15.1. The van der Waals surface area contributed by atoms with E-state index in [0.29, 0.717) is 23.7 Å². The molecule has 0 radical (unpaired) electrons. The van der Waals surface area contributed by atoms with E-state index in [1.54, 1.807) is 12.4 Å². The maximum absolute atomic E-state index is 14.2. The van der Waals surface area contributed by atoms with Gasteiger partial charge in [0, 0.05) is 36.3 Å². The van der Waals surface area contributed by atoms with Crippen molar-refractivity contribution in [2.24, 2.45) is 13.0 Å². The van der Waals surface area contributed by atoms with Crippen LogP contribution in [0.3, 0.4) is 0 Å². The highest BCUT2D eigenvalue weighted by atomic mass is 19.4. The molecule has 9 heteroatoms. The molecule has 6 rings (SSSR count). The number of aromatic nitrogens is 3. The molecule has 1 aromatic heterocycles. The van der Waals surface area contributed by atoms with Gasteiger partial charge in [0.05, 0.1) is 12.1 Å². The van der Waals surface area contributed by atoms with Crippen LogP contribution in [0.5, 0.6) is 0 Å². The highest BCUT2D eigenvalue weighted by Gasteiger charge is 2.41. The van der Waals surface area contributed by atoms with Crippen LogP contribution < -0.4 is 10.2 Å². The molecule has 1 N–H and O–H groups in total. The van der Waals surface area contributed by atoms with Gasteiger partial charge in [-0.05, 0) is 85.9 Å². The van der Waals surface area contributed by atoms with E-state index in [4.69, 9.17) is 0 Å². The molecule has 2 aliphatic carbocycles. The number of alkyl halides is 3. The Balaban J connectivity index is 1.33. The predicted molar refractivity (Wildman–Crippen MR) is 142 cm³/mol. The lowest BCUT2D eigenvalue weighted by atomic mass is 9.78. The molecule has 0 spiro atoms. The highest BCUT2D eigenvalue weighted by Crippen LogP contribution is 2.43. The summed E-state index contributed by atoms with van der Waals surface area (Å²) in [6, 6.07) is 10.5. The Morgan fingerprint density at radius 2 is 1.90 bits per heavy atom. The van der Waals surface area contributed by atoms with E-state index in [0.717, 1.165) is 56.3 Å². The first kappa shape index (κ1) is 26.0. The van der Waals surface area contributed by atoms with E-state index >= 15 is 0 Å². The zero-order chi connectivity index (χ0) is 27.4. The van der Waals surface area contributed by atoms with Crippen molar-refractivity contribution in [3.63, 3.8) is 0 Å². The average Bonchev–Trinajstić information content (AvgIpc) is 3.63. The van der Waals surface area contributed by atoms with E-state index in [1.807, 2.05) is 35.9 Å². The van der Waals surface area contributed by atoms with Gasteiger partial charge in [0.25, 0.3) is 5.91 Å². The Bertz CT molecular complexity index is 1390. The van der Waals surface area contributed by atoms with E-state index in [-0.39, 0.29) is 35.0 Å². The van der Waals surface area contributed by atoms with Crippen LogP contribution >= 0.6 is 0 Å². The summed E-state index contributed by atoms with van der Waals surface area (Å²) in [5.74, 6) is 0.891. The van der Waals surface area contributed by atoms with Crippen LogP contribution in [0.1, 0.15) is 96.2 Å². The van der Waals surface area contributed by atoms with Gasteiger partial charge in [-0.2, -0.15) is 13.2 Å². The second-order valence-corrected chi connectivity index (χ2v) is 11.7. The summed E-state index contributed by atoms with van der Waals surface area (Å²) in [6.45, 7) is 2.29. The molecular weight excluding hydrogens is 503 g/mol. The van der Waals surface area contributed by atoms with Gasteiger partial charge in [-0.15, -0.1) is 10.2 Å². The fourth-order valence-electron chi connectivity index (χ4n) is 6.61. The summed E-state index contributed by atoms with van der Waals surface area (Å²) in [6.07, 6.45) is 4.76. The van der Waals surface area contributed by atoms with Gasteiger partial charge < -0.3 is 14.8 Å². The molecule has 2 fully saturated rings. The number of nitrogens with zero attached hydrogens (tertiary/aromatic N) is 4. The minimum atomic E-state index is -4.54. The first-order valence-corrected chi connectivity index (χ1v) is 13.9. The normalized spacial score (nSPS) is 19.8. The molecule has 6 nitrogen and oxygen atoms in total. The van der Waals surface area contributed by atoms with Gasteiger partial charge in [-0.1, -0.05) is 25.0 Å². The number of carbonyl (C=O) groups excluding carboxylic acids is 1. The van der Waals surface area contributed by atoms with Crippen molar-refractivity contribution in [1.82, 2.24) is 20.1 Å². The SMILES string of the molecule is Cn1cnnc1[C@H](c1cccc(N2Cc3c(cc(CNC4(C)CCC4)cc3C(F)(F)F)C2=O)c1)C1CCCC1. The fourth-order valence-corrected chi connectivity index (χ4v) is 6.61. The zero-order valence-electron chi connectivity index (χ0n) is 22.4. The summed E-state index contributed by atoms with van der Waals surface area (Å²) < 4.78 is 44.5. The number of nitrogens with one attached hydrogen (secondary N) is 1. The van der Waals surface area contributed by atoms with Crippen molar-refractivity contribution in [2.45, 2.75) is 82.6 Å². The number of rotatable bonds is 7. The maximum Gasteiger partial charge on any atom is 0.416 e. The van der Waals surface area contributed by atoms with Crippen LogP contribution in [0, 0.1) is 5.92 Å². The first-order chi connectivity index (χ1) is 18.6. The third-order valence-electron chi connectivity index (χ3n) is 9.02. The molecule has 2 saturated carbocycles. The quantitative estimate of drug-likeness (QED) is 0.382. The predicted octanol–water partition coefficient (Wildman–Crippen LogP) is 6.35. The Labute approximate surface area is 226 Å². The maximum atomic E-state index is 14.2. The summed E-state index contributed by atoms with van der Waals surface area (Å²) >= 11 is 0. The third-order valence-corrected chi connectivity index (χ3v) is 9.02. The Morgan fingerprint density at radius 1 is 1.13 bits per heavy atom. The van der Waals surface area contributed by atoms with Crippen molar-refractivity contribution >= 4 is 11.6 Å². The smallest absolute Gasteiger partial charge is 0.320 e. The van der Waals surface area contributed by atoms with Crippen LogP contribution in [0.15, 0.2) is 42.7 Å². The highest BCUT2D eigenvalue weighted by molar-refractivity contribution is 6.10. The monoisotopic (exact) mass is 537 g/mol. The second-order valence-electron chi connectivity index (χ2n) is 11.7. The largest absolute Gasteiger partial charge is 0.416 e. The van der Waals surface area contributed by atoms with Crippen molar-refractivity contribution in [1.29, 1.82) is 0 Å². The molecule has 3 aromatic rings. The molecule has 2 aromatic carbocycles. The molecule has 2 heterocycles. The van der Waals surface area contributed by atoms with Crippen LogP contribution in [0.4, 0.5) is 18.9 Å². The van der Waals surface area contributed by atoms with Gasteiger partial charge in [0.2, 0.25) is 0 Å². The van der Waals surface area contributed by atoms with Crippen molar-refractivity contribution in [3.05, 3.63) is 76.4 Å². The van der Waals surface area contributed by atoms with E-state index in [2.05, 4.69) is 22.4 Å². The van der Waals surface area contributed by atoms with E-state index in [9.17, 15) is 18.0 Å². The molecule has 206 valence electrons. The van der Waals surface area contributed by atoms with Crippen molar-refractivity contribution in [2.75, 3.05) is 4.90 Å². The zero-order valence-corrected chi connectivity index (χ0v) is 22.4. The van der Waals surface area contributed by atoms with Crippen LogP contribution in [-0.2, 0) is 26.3 Å². The van der Waals surface area contributed by atoms with Gasteiger partial charge in [-0.3, -0.25) is 4.79 Å². The standard InChI is InChI=1S/C30H34F3N5O/c1-29(11-6-12-29)34-16-19-13-23-24(25(14-19)30(31,32)33)17-38(28(23)39)22-10-5-9-21(15-22)26(20-7-3-4-8-20)27-36-35-18-37(27)2/h5,9-10,13-15,18,20,26,34H,3-4,6-8,11-12,16-17H2,1-2H3/t26-/m0/s1. The Morgan fingerprint density at radius 3 is 2.54 bits per heavy atom. The molecular formula is C30H34F3N5O. The molecule has 1 aliphatic heterocycles. The van der Waals surface area contributed by atoms with Gasteiger partial charge >= 0.3 is 6.18 Å². The van der Waals surface area contributed by atoms with Crippen molar-refractivity contribution in [3.8, 4) is 0 Å². The van der Waals surface area contributed by atoms with E-state index < -0.39 is 11.7 Å². The number of carbonyl (C=O) groups is 1. The fraction of sp³-hybridized carbons (Fsp3) is 0.500. The number of fused-ring (bicyclic) bond motifs is 1. The molecule has 0 bridgehead atoms. The molecule has 0 unspecified atom stereocenters. The third kappa shape index (κ3) is 4.86. The van der Waals surface area contributed by atoms with Crippen molar-refractivity contribution < 1.29 is 18.0 Å². The number of anilines is 1. The van der Waals surface area contributed by atoms with Gasteiger partial charge in [0.15, 0.2) is 0 Å². The number of benzene rings is 2. The molecule has 39 heavy (non-hydrogen) atoms. The minimum Gasteiger partial charge on any atom is -0.320 e. The van der Waals surface area contributed by atoms with Gasteiger partial charge in [-0.25, -0.2) is 0 Å². The Hall–Kier alpha value is -3.20. The average molecular weight is 538 g/mol. The number of hydrogen-bond acceptors (Lipinski definition) is 4. The van der Waals surface area contributed by atoms with Crippen LogP contribution in [-0.4, -0.2) is 26.2 Å². The lowest BCUT2D eigenvalue weighted by molar-refractivity contribution is -0.138. The lowest BCUT2D eigenvalue weighted by Gasteiger charge is -2.39. The summed E-state index contributed by atoms with van der Waals surface area (Å²) in [5, 5.41) is 11.9. The number of amides is 1. The number of halogens is 3. The molecule has 1 atom stereocenters.